The van der Waals surface area contributed by atoms with E-state index < -0.39 is 0 Å². The molecule has 2 N–H and O–H groups in total. The standard InChI is InChI=1S/C28H33N5O3/c1-4-20(2)26(17-30-15-23-6-5-7-24(12-23)28(35)36-3)32-27(34)13-25-16-31-19-33(25)18-22-10-8-21(14-29)9-11-22/h5-12,16,19-20,26,30H,4,13,15,17-18H2,1-3H3,(H,32,34)/t20-,26+/m0/s1. The number of hydrogen-bond acceptors (Lipinski definition) is 6. The topological polar surface area (TPSA) is 109 Å². The lowest BCUT2D eigenvalue weighted by Crippen LogP contribution is -2.46. The summed E-state index contributed by atoms with van der Waals surface area (Å²) in [6.45, 7) is 5.99. The highest BCUT2D eigenvalue weighted by Gasteiger charge is 2.19. The molecule has 2 aromatic carbocycles. The van der Waals surface area contributed by atoms with Gasteiger partial charge in [-0.2, -0.15) is 5.26 Å². The van der Waals surface area contributed by atoms with Gasteiger partial charge in [-0.15, -0.1) is 0 Å². The van der Waals surface area contributed by atoms with Gasteiger partial charge in [0.15, 0.2) is 0 Å². The summed E-state index contributed by atoms with van der Waals surface area (Å²) >= 11 is 0. The number of nitrogens with zero attached hydrogens (tertiary/aromatic N) is 3. The van der Waals surface area contributed by atoms with Crippen molar-refractivity contribution in [1.29, 1.82) is 5.26 Å². The van der Waals surface area contributed by atoms with Crippen LogP contribution in [-0.2, 0) is 29.0 Å². The van der Waals surface area contributed by atoms with Gasteiger partial charge in [-0.25, -0.2) is 9.78 Å². The molecule has 1 aromatic heterocycles. The third kappa shape index (κ3) is 7.52. The zero-order valence-electron chi connectivity index (χ0n) is 21.0. The van der Waals surface area contributed by atoms with E-state index in [1.807, 2.05) is 34.9 Å². The predicted molar refractivity (Wildman–Crippen MR) is 137 cm³/mol. The fourth-order valence-electron chi connectivity index (χ4n) is 3.92. The molecule has 0 bridgehead atoms. The smallest absolute Gasteiger partial charge is 0.337 e. The number of amides is 1. The number of methoxy groups -OCH3 is 1. The highest BCUT2D eigenvalue weighted by molar-refractivity contribution is 5.89. The van der Waals surface area contributed by atoms with Gasteiger partial charge in [0.2, 0.25) is 5.91 Å². The van der Waals surface area contributed by atoms with Crippen molar-refractivity contribution in [2.75, 3.05) is 13.7 Å². The Morgan fingerprint density at radius 1 is 1.17 bits per heavy atom. The maximum absolute atomic E-state index is 12.9. The number of carbonyl (C=O) groups excluding carboxylic acids is 2. The van der Waals surface area contributed by atoms with Crippen molar-refractivity contribution in [3.05, 3.63) is 89.0 Å². The van der Waals surface area contributed by atoms with Crippen LogP contribution in [0.15, 0.2) is 61.1 Å². The Balaban J connectivity index is 1.57. The molecule has 1 heterocycles. The summed E-state index contributed by atoms with van der Waals surface area (Å²) in [5.74, 6) is -0.136. The Morgan fingerprint density at radius 3 is 2.64 bits per heavy atom. The van der Waals surface area contributed by atoms with Crippen molar-refractivity contribution >= 4 is 11.9 Å². The summed E-state index contributed by atoms with van der Waals surface area (Å²) in [5, 5.41) is 15.6. The second-order valence-electron chi connectivity index (χ2n) is 8.88. The predicted octanol–water partition coefficient (Wildman–Crippen LogP) is 3.45. The highest BCUT2D eigenvalue weighted by atomic mass is 16.5. The van der Waals surface area contributed by atoms with Crippen LogP contribution in [0.4, 0.5) is 0 Å². The summed E-state index contributed by atoms with van der Waals surface area (Å²) < 4.78 is 6.74. The third-order valence-electron chi connectivity index (χ3n) is 6.29. The Labute approximate surface area is 212 Å². The first-order valence-corrected chi connectivity index (χ1v) is 12.1. The van der Waals surface area contributed by atoms with Crippen LogP contribution in [0, 0.1) is 17.2 Å². The lowest BCUT2D eigenvalue weighted by molar-refractivity contribution is -0.121. The van der Waals surface area contributed by atoms with E-state index in [0.29, 0.717) is 30.8 Å². The number of ether oxygens (including phenoxy) is 1. The second kappa shape index (κ2) is 13.2. The average Bonchev–Trinajstić information content (AvgIpc) is 3.33. The molecule has 0 saturated heterocycles. The van der Waals surface area contributed by atoms with Crippen molar-refractivity contribution in [3.63, 3.8) is 0 Å². The van der Waals surface area contributed by atoms with E-state index in [2.05, 4.69) is 35.5 Å². The Kier molecular flexibility index (Phi) is 9.78. The number of carbonyl (C=O) groups is 2. The lowest BCUT2D eigenvalue weighted by atomic mass is 9.98. The van der Waals surface area contributed by atoms with Gasteiger partial charge >= 0.3 is 5.97 Å². The van der Waals surface area contributed by atoms with Gasteiger partial charge in [-0.3, -0.25) is 4.79 Å². The zero-order valence-corrected chi connectivity index (χ0v) is 21.0. The Hall–Kier alpha value is -3.96. The molecule has 188 valence electrons. The van der Waals surface area contributed by atoms with Crippen molar-refractivity contribution in [3.8, 4) is 6.07 Å². The summed E-state index contributed by atoms with van der Waals surface area (Å²) in [6, 6.07) is 16.8. The van der Waals surface area contributed by atoms with Gasteiger partial charge in [-0.05, 0) is 41.3 Å². The fraction of sp³-hybridized carbons (Fsp3) is 0.357. The van der Waals surface area contributed by atoms with Crippen molar-refractivity contribution in [2.24, 2.45) is 5.92 Å². The van der Waals surface area contributed by atoms with Gasteiger partial charge in [-0.1, -0.05) is 44.5 Å². The fourth-order valence-corrected chi connectivity index (χ4v) is 3.92. The van der Waals surface area contributed by atoms with E-state index in [4.69, 9.17) is 10.00 Å². The van der Waals surface area contributed by atoms with Crippen LogP contribution in [0.5, 0.6) is 0 Å². The van der Waals surface area contributed by atoms with E-state index in [1.54, 1.807) is 30.7 Å². The monoisotopic (exact) mass is 487 g/mol. The maximum Gasteiger partial charge on any atom is 0.337 e. The molecule has 0 aliphatic rings. The van der Waals surface area contributed by atoms with Crippen LogP contribution in [0.1, 0.15) is 53.0 Å². The molecule has 0 aliphatic carbocycles. The molecule has 0 unspecified atom stereocenters. The van der Waals surface area contributed by atoms with E-state index in [9.17, 15) is 9.59 Å². The number of hydrogen-bond donors (Lipinski definition) is 2. The minimum absolute atomic E-state index is 0.0406. The summed E-state index contributed by atoms with van der Waals surface area (Å²) in [5.41, 5.74) is 3.96. The minimum Gasteiger partial charge on any atom is -0.465 e. The number of esters is 1. The van der Waals surface area contributed by atoms with E-state index in [-0.39, 0.29) is 30.3 Å². The van der Waals surface area contributed by atoms with Crippen LogP contribution < -0.4 is 10.6 Å². The Bertz CT molecular complexity index is 1200. The van der Waals surface area contributed by atoms with E-state index in [1.165, 1.54) is 7.11 Å². The summed E-state index contributed by atoms with van der Waals surface area (Å²) in [6.07, 6.45) is 4.59. The number of nitrogens with one attached hydrogen (secondary N) is 2. The number of aromatic nitrogens is 2. The van der Waals surface area contributed by atoms with Gasteiger partial charge in [0.25, 0.3) is 0 Å². The van der Waals surface area contributed by atoms with Gasteiger partial charge in [0.05, 0.1) is 37.1 Å². The lowest BCUT2D eigenvalue weighted by Gasteiger charge is -2.25. The molecule has 0 saturated carbocycles. The molecular formula is C28H33N5O3. The molecule has 0 aliphatic heterocycles. The van der Waals surface area contributed by atoms with Crippen LogP contribution in [0.2, 0.25) is 0 Å². The third-order valence-corrected chi connectivity index (χ3v) is 6.29. The van der Waals surface area contributed by atoms with E-state index in [0.717, 1.165) is 23.2 Å². The first kappa shape index (κ1) is 26.6. The molecule has 0 radical (unpaired) electrons. The number of rotatable bonds is 12. The average molecular weight is 488 g/mol. The van der Waals surface area contributed by atoms with Crippen LogP contribution in [0.3, 0.4) is 0 Å². The number of nitriles is 1. The number of imidazole rings is 1. The van der Waals surface area contributed by atoms with Crippen LogP contribution in [-0.4, -0.2) is 41.1 Å². The minimum atomic E-state index is -0.361. The normalized spacial score (nSPS) is 12.4. The quantitative estimate of drug-likeness (QED) is 0.379. The molecule has 3 rings (SSSR count). The second-order valence-corrected chi connectivity index (χ2v) is 8.88. The van der Waals surface area contributed by atoms with Crippen molar-refractivity contribution in [2.45, 2.75) is 45.8 Å². The summed E-state index contributed by atoms with van der Waals surface area (Å²) in [4.78, 5) is 28.9. The van der Waals surface area contributed by atoms with Gasteiger partial charge < -0.3 is 19.9 Å². The van der Waals surface area contributed by atoms with Crippen molar-refractivity contribution < 1.29 is 14.3 Å². The maximum atomic E-state index is 12.9. The number of benzene rings is 2. The van der Waals surface area contributed by atoms with Gasteiger partial charge in [0, 0.05) is 37.6 Å². The van der Waals surface area contributed by atoms with Crippen molar-refractivity contribution in [1.82, 2.24) is 20.2 Å². The molecular weight excluding hydrogens is 454 g/mol. The zero-order chi connectivity index (χ0) is 25.9. The van der Waals surface area contributed by atoms with Crippen LogP contribution in [0.25, 0.3) is 0 Å². The first-order valence-electron chi connectivity index (χ1n) is 12.1. The molecule has 1 amide bonds. The summed E-state index contributed by atoms with van der Waals surface area (Å²) in [7, 11) is 1.37. The first-order chi connectivity index (χ1) is 17.4. The van der Waals surface area contributed by atoms with Crippen LogP contribution >= 0.6 is 0 Å². The SMILES string of the molecule is CC[C@H](C)[C@@H](CNCc1cccc(C(=O)OC)c1)NC(=O)Cc1cncn1Cc1ccc(C#N)cc1. The largest absolute Gasteiger partial charge is 0.465 e. The molecule has 8 heteroatoms. The molecule has 2 atom stereocenters. The van der Waals surface area contributed by atoms with E-state index >= 15 is 0 Å². The molecule has 36 heavy (non-hydrogen) atoms. The Morgan fingerprint density at radius 2 is 1.94 bits per heavy atom. The highest BCUT2D eigenvalue weighted by Crippen LogP contribution is 2.12. The molecule has 0 spiro atoms. The molecule has 8 nitrogen and oxygen atoms in total. The molecule has 3 aromatic rings. The molecule has 0 fully saturated rings. The van der Waals surface area contributed by atoms with Gasteiger partial charge in [0.1, 0.15) is 0 Å².